The Bertz CT molecular complexity index is 951. The number of nitrogens with one attached hydrogen (secondary N) is 3. The van der Waals surface area contributed by atoms with Gasteiger partial charge >= 0.3 is 0 Å². The Hall–Kier alpha value is -4.22. The van der Waals surface area contributed by atoms with Gasteiger partial charge in [-0.25, -0.2) is 0 Å². The Labute approximate surface area is 249 Å². The molecule has 234 valence electrons. The molecular weight excluding hydrogens is 540 g/mol. The summed E-state index contributed by atoms with van der Waals surface area (Å²) in [4.78, 5) is 77.1. The summed E-state index contributed by atoms with van der Waals surface area (Å²) in [5, 5.41) is 8.13. The standard InChI is InChI=1S/C30H48N6O6/c1-6-14-27(39)32-17-13-21-36(29(41)10-5)24-23-35(28(40)9-4)19-11-15-30(42)34(22-18-33-26(38)8-3)20-12-16-31-25(37)7-2/h7-10H,2-6,11-24H2,1H3,(H,31,37)(H,32,39)(H,33,38). The van der Waals surface area contributed by atoms with Crippen molar-refractivity contribution in [1.29, 1.82) is 0 Å². The van der Waals surface area contributed by atoms with Crippen molar-refractivity contribution in [2.75, 3.05) is 58.9 Å². The van der Waals surface area contributed by atoms with E-state index in [0.29, 0.717) is 51.9 Å². The van der Waals surface area contributed by atoms with E-state index in [9.17, 15) is 28.8 Å². The molecule has 0 aromatic heterocycles. The lowest BCUT2D eigenvalue weighted by molar-refractivity contribution is -0.132. The highest BCUT2D eigenvalue weighted by Crippen LogP contribution is 2.04. The molecule has 0 aliphatic carbocycles. The van der Waals surface area contributed by atoms with E-state index in [-0.39, 0.29) is 74.6 Å². The Kier molecular flexibility index (Phi) is 21.1. The van der Waals surface area contributed by atoms with Crippen LogP contribution in [0.1, 0.15) is 45.4 Å². The summed E-state index contributed by atoms with van der Waals surface area (Å²) in [6.07, 6.45) is 7.53. The van der Waals surface area contributed by atoms with Crippen molar-refractivity contribution in [3.63, 3.8) is 0 Å². The molecule has 0 aliphatic rings. The zero-order valence-electron chi connectivity index (χ0n) is 25.0. The lowest BCUT2D eigenvalue weighted by Crippen LogP contribution is -2.42. The lowest BCUT2D eigenvalue weighted by Gasteiger charge is -2.27. The van der Waals surface area contributed by atoms with Crippen LogP contribution in [0.5, 0.6) is 0 Å². The van der Waals surface area contributed by atoms with Crippen molar-refractivity contribution in [2.45, 2.75) is 45.4 Å². The van der Waals surface area contributed by atoms with Crippen molar-refractivity contribution in [3.8, 4) is 0 Å². The molecule has 0 spiro atoms. The molecule has 0 radical (unpaired) electrons. The van der Waals surface area contributed by atoms with Gasteiger partial charge in [0.25, 0.3) is 0 Å². The minimum atomic E-state index is -0.343. The number of hydrogen-bond acceptors (Lipinski definition) is 6. The molecule has 0 aliphatic heterocycles. The van der Waals surface area contributed by atoms with Gasteiger partial charge < -0.3 is 30.7 Å². The molecule has 12 heteroatoms. The molecule has 0 aromatic rings. The Balaban J connectivity index is 5.03. The lowest BCUT2D eigenvalue weighted by atomic mass is 10.2. The van der Waals surface area contributed by atoms with Crippen molar-refractivity contribution >= 4 is 35.4 Å². The fraction of sp³-hybridized carbons (Fsp3) is 0.533. The van der Waals surface area contributed by atoms with Gasteiger partial charge in [0.1, 0.15) is 0 Å². The summed E-state index contributed by atoms with van der Waals surface area (Å²) in [6.45, 7) is 18.7. The van der Waals surface area contributed by atoms with Crippen molar-refractivity contribution in [2.24, 2.45) is 0 Å². The maximum atomic E-state index is 13.0. The van der Waals surface area contributed by atoms with Crippen molar-refractivity contribution in [3.05, 3.63) is 50.6 Å². The summed E-state index contributed by atoms with van der Waals surface area (Å²) in [5.74, 6) is -1.43. The third-order valence-electron chi connectivity index (χ3n) is 6.14. The van der Waals surface area contributed by atoms with Crippen molar-refractivity contribution < 1.29 is 28.8 Å². The van der Waals surface area contributed by atoms with Crippen molar-refractivity contribution in [1.82, 2.24) is 30.7 Å². The maximum absolute atomic E-state index is 13.0. The second-order valence-electron chi connectivity index (χ2n) is 9.34. The van der Waals surface area contributed by atoms with E-state index in [2.05, 4.69) is 42.3 Å². The molecule has 0 rings (SSSR count). The van der Waals surface area contributed by atoms with E-state index in [1.165, 1.54) is 23.1 Å². The van der Waals surface area contributed by atoms with Crippen LogP contribution in [-0.2, 0) is 28.8 Å². The number of carbonyl (C=O) groups excluding carboxylic acids is 6. The third kappa shape index (κ3) is 17.5. The minimum Gasteiger partial charge on any atom is -0.356 e. The quantitative estimate of drug-likeness (QED) is 0.113. The molecule has 12 nitrogen and oxygen atoms in total. The molecule has 0 saturated heterocycles. The molecule has 0 bridgehead atoms. The molecule has 42 heavy (non-hydrogen) atoms. The predicted molar refractivity (Wildman–Crippen MR) is 163 cm³/mol. The van der Waals surface area contributed by atoms with Gasteiger partial charge in [0.15, 0.2) is 0 Å². The Morgan fingerprint density at radius 2 is 1.02 bits per heavy atom. The van der Waals surface area contributed by atoms with Crippen LogP contribution in [0.4, 0.5) is 0 Å². The number of hydrogen-bond donors (Lipinski definition) is 3. The third-order valence-corrected chi connectivity index (χ3v) is 6.14. The average Bonchev–Trinajstić information content (AvgIpc) is 2.99. The number of amides is 6. The second-order valence-corrected chi connectivity index (χ2v) is 9.34. The van der Waals surface area contributed by atoms with E-state index in [1.807, 2.05) is 6.92 Å². The molecule has 0 aromatic carbocycles. The summed E-state index contributed by atoms with van der Waals surface area (Å²) < 4.78 is 0. The molecule has 0 atom stereocenters. The first-order valence-corrected chi connectivity index (χ1v) is 14.3. The Morgan fingerprint density at radius 3 is 1.52 bits per heavy atom. The van der Waals surface area contributed by atoms with Gasteiger partial charge in [-0.15, -0.1) is 0 Å². The largest absolute Gasteiger partial charge is 0.356 e. The summed E-state index contributed by atoms with van der Waals surface area (Å²) >= 11 is 0. The van der Waals surface area contributed by atoms with E-state index < -0.39 is 0 Å². The zero-order valence-corrected chi connectivity index (χ0v) is 25.0. The fourth-order valence-corrected chi connectivity index (χ4v) is 3.86. The number of rotatable bonds is 24. The summed E-state index contributed by atoms with van der Waals surface area (Å²) in [6, 6.07) is 0. The average molecular weight is 589 g/mol. The molecule has 3 N–H and O–H groups in total. The first-order chi connectivity index (χ1) is 20.1. The number of nitrogens with zero attached hydrogens (tertiary/aromatic N) is 3. The highest BCUT2D eigenvalue weighted by molar-refractivity contribution is 5.88. The molecule has 0 unspecified atom stereocenters. The smallest absolute Gasteiger partial charge is 0.246 e. The van der Waals surface area contributed by atoms with E-state index in [4.69, 9.17) is 0 Å². The monoisotopic (exact) mass is 588 g/mol. The number of carbonyl (C=O) groups is 6. The van der Waals surface area contributed by atoms with Gasteiger partial charge in [0.2, 0.25) is 35.4 Å². The van der Waals surface area contributed by atoms with Gasteiger partial charge in [-0.1, -0.05) is 33.2 Å². The van der Waals surface area contributed by atoms with Crippen LogP contribution in [0.3, 0.4) is 0 Å². The van der Waals surface area contributed by atoms with Crippen LogP contribution in [0.2, 0.25) is 0 Å². The second kappa shape index (κ2) is 23.5. The van der Waals surface area contributed by atoms with Gasteiger partial charge in [0.05, 0.1) is 0 Å². The van der Waals surface area contributed by atoms with E-state index in [0.717, 1.165) is 12.5 Å². The first-order valence-electron chi connectivity index (χ1n) is 14.3. The molecule has 0 saturated carbocycles. The van der Waals surface area contributed by atoms with E-state index >= 15 is 0 Å². The first kappa shape index (κ1) is 37.8. The van der Waals surface area contributed by atoms with Crippen LogP contribution in [0, 0.1) is 0 Å². The molecular formula is C30H48N6O6. The highest BCUT2D eigenvalue weighted by Gasteiger charge is 2.18. The predicted octanol–water partition coefficient (Wildman–Crippen LogP) is 0.925. The molecule has 0 heterocycles. The normalized spacial score (nSPS) is 10.0. The summed E-state index contributed by atoms with van der Waals surface area (Å²) in [7, 11) is 0. The molecule has 6 amide bonds. The minimum absolute atomic E-state index is 0.0315. The molecule has 0 fully saturated rings. The van der Waals surface area contributed by atoms with Gasteiger partial charge in [0, 0.05) is 71.7 Å². The van der Waals surface area contributed by atoms with Gasteiger partial charge in [-0.2, -0.15) is 0 Å². The highest BCUT2D eigenvalue weighted by atomic mass is 16.2. The Morgan fingerprint density at radius 1 is 0.548 bits per heavy atom. The SMILES string of the molecule is C=CC(=O)NCCCN(CCNC(=O)C=C)C(=O)CCCN(CCN(CCCNC(=O)CCC)C(=O)C=C)C(=O)C=C. The zero-order chi connectivity index (χ0) is 31.8. The van der Waals surface area contributed by atoms with Crippen LogP contribution in [0.15, 0.2) is 50.6 Å². The van der Waals surface area contributed by atoms with E-state index in [1.54, 1.807) is 9.80 Å². The van der Waals surface area contributed by atoms with Crippen LogP contribution in [0.25, 0.3) is 0 Å². The maximum Gasteiger partial charge on any atom is 0.246 e. The topological polar surface area (TPSA) is 148 Å². The van der Waals surface area contributed by atoms with Gasteiger partial charge in [-0.3, -0.25) is 28.8 Å². The van der Waals surface area contributed by atoms with Gasteiger partial charge in [-0.05, 0) is 50.0 Å². The fourth-order valence-electron chi connectivity index (χ4n) is 3.86. The van der Waals surface area contributed by atoms with Crippen LogP contribution < -0.4 is 16.0 Å². The van der Waals surface area contributed by atoms with Crippen LogP contribution in [-0.4, -0.2) is 109 Å². The summed E-state index contributed by atoms with van der Waals surface area (Å²) in [5.41, 5.74) is 0. The van der Waals surface area contributed by atoms with Crippen LogP contribution >= 0.6 is 0 Å².